The van der Waals surface area contributed by atoms with Crippen LogP contribution in [-0.4, -0.2) is 85.7 Å². The Morgan fingerprint density at radius 2 is 1.98 bits per heavy atom. The Morgan fingerprint density at radius 1 is 1.32 bits per heavy atom. The maximum Gasteiger partial charge on any atom is 0.406 e. The largest absolute Gasteiger partial charge is 0.462 e. The third-order valence-electron chi connectivity index (χ3n) is 5.81. The van der Waals surface area contributed by atoms with Gasteiger partial charge in [-0.15, -0.1) is 11.6 Å². The van der Waals surface area contributed by atoms with Crippen LogP contribution in [0.2, 0.25) is 0 Å². The van der Waals surface area contributed by atoms with Crippen LogP contribution in [-0.2, 0) is 32.7 Å². The number of thioether (sulfide) groups is 1. The fraction of sp³-hybridized carbons (Fsp3) is 0.739. The van der Waals surface area contributed by atoms with E-state index in [0.29, 0.717) is 0 Å². The van der Waals surface area contributed by atoms with E-state index in [9.17, 15) is 34.0 Å². The van der Waals surface area contributed by atoms with Gasteiger partial charge in [0.05, 0.1) is 31.3 Å². The minimum absolute atomic E-state index is 0.0572. The van der Waals surface area contributed by atoms with Crippen LogP contribution in [0, 0.1) is 5.41 Å². The molecule has 1 aliphatic rings. The first-order valence-electron chi connectivity index (χ1n) is 12.4. The van der Waals surface area contributed by atoms with Gasteiger partial charge in [-0.1, -0.05) is 11.8 Å². The van der Waals surface area contributed by atoms with Gasteiger partial charge in [-0.05, 0) is 41.5 Å². The highest BCUT2D eigenvalue weighted by atomic mass is 35.5. The zero-order chi connectivity index (χ0) is 30.5. The van der Waals surface area contributed by atoms with Gasteiger partial charge in [-0.25, -0.2) is 14.4 Å². The molecule has 0 aliphatic carbocycles. The van der Waals surface area contributed by atoms with Crippen molar-refractivity contribution < 1.29 is 42.9 Å². The first-order valence-corrected chi connectivity index (χ1v) is 15.3. The van der Waals surface area contributed by atoms with Gasteiger partial charge in [-0.3, -0.25) is 33.0 Å². The van der Waals surface area contributed by atoms with Crippen molar-refractivity contribution in [2.45, 2.75) is 77.0 Å². The number of nitrogens with one attached hydrogen (secondary N) is 2. The molecule has 1 aromatic rings. The van der Waals surface area contributed by atoms with Crippen LogP contribution in [0.15, 0.2) is 21.9 Å². The normalized spacial score (nSPS) is 25.5. The number of hydrogen-bond acceptors (Lipinski definition) is 12. The Bertz CT molecular complexity index is 1200. The van der Waals surface area contributed by atoms with Crippen LogP contribution in [0.4, 0.5) is 0 Å². The minimum Gasteiger partial charge on any atom is -0.462 e. The molecule has 0 radical (unpaired) electrons. The lowest BCUT2D eigenvalue weighted by Gasteiger charge is -2.26. The maximum atomic E-state index is 13.6. The van der Waals surface area contributed by atoms with Crippen molar-refractivity contribution in [3.05, 3.63) is 33.1 Å². The predicted molar refractivity (Wildman–Crippen MR) is 147 cm³/mol. The van der Waals surface area contributed by atoms with Crippen molar-refractivity contribution in [3.63, 3.8) is 0 Å². The number of hydrogen-bond donors (Lipinski definition) is 4. The maximum absolute atomic E-state index is 13.6. The molecule has 0 saturated carbocycles. The topological polar surface area (TPSA) is 195 Å². The fourth-order valence-corrected chi connectivity index (χ4v) is 6.13. The van der Waals surface area contributed by atoms with Crippen molar-refractivity contribution in [2.75, 3.05) is 25.6 Å². The second kappa shape index (κ2) is 14.1. The standard InChI is InChI=1S/C23H37ClN3O11PS/c1-13(2)37-18(31)14(3)26-39(34,35-9-10-40-20(32)22(4,5)12-28)36-11-15-17(30)23(6,24)19(38-15)27-8-7-16(29)25-21(27)33/h7-8,13-15,17,19,28,30H,9-12H2,1-6H3,(H,26,34)(H,25,29,33)/t14-,15-,17-,19-,23-,39+/m1/s1. The summed E-state index contributed by atoms with van der Waals surface area (Å²) < 4.78 is 36.5. The Labute approximate surface area is 240 Å². The number of nitrogens with zero attached hydrogens (tertiary/aromatic N) is 1. The summed E-state index contributed by atoms with van der Waals surface area (Å²) in [7, 11) is -4.28. The molecule has 228 valence electrons. The molecule has 1 aliphatic heterocycles. The molecular formula is C23H37ClN3O11PS. The molecule has 0 amide bonds. The van der Waals surface area contributed by atoms with Crippen LogP contribution in [0.25, 0.3) is 0 Å². The number of alkyl halides is 1. The lowest BCUT2D eigenvalue weighted by atomic mass is 9.97. The van der Waals surface area contributed by atoms with Crippen molar-refractivity contribution in [3.8, 4) is 0 Å². The molecule has 6 atom stereocenters. The molecule has 0 bridgehead atoms. The van der Waals surface area contributed by atoms with Gasteiger partial charge in [0.1, 0.15) is 23.1 Å². The summed E-state index contributed by atoms with van der Waals surface area (Å²) in [5.41, 5.74) is -2.43. The summed E-state index contributed by atoms with van der Waals surface area (Å²) in [4.78, 5) is 48.8. The lowest BCUT2D eigenvalue weighted by molar-refractivity contribution is -0.149. The Balaban J connectivity index is 2.16. The van der Waals surface area contributed by atoms with Gasteiger partial charge in [-0.2, -0.15) is 0 Å². The predicted octanol–water partition coefficient (Wildman–Crippen LogP) is 1.14. The Hall–Kier alpha value is -1.55. The van der Waals surface area contributed by atoms with Crippen molar-refractivity contribution in [1.29, 1.82) is 0 Å². The van der Waals surface area contributed by atoms with E-state index in [2.05, 4.69) is 10.1 Å². The molecule has 1 aromatic heterocycles. The van der Waals surface area contributed by atoms with Gasteiger partial charge < -0.3 is 19.7 Å². The number of aromatic nitrogens is 2. The van der Waals surface area contributed by atoms with Gasteiger partial charge in [0, 0.05) is 18.0 Å². The summed E-state index contributed by atoms with van der Waals surface area (Å²) in [6.07, 6.45) is -3.13. The molecule has 14 nitrogen and oxygen atoms in total. The number of carbonyl (C=O) groups is 2. The highest BCUT2D eigenvalue weighted by Gasteiger charge is 2.54. The minimum atomic E-state index is -4.28. The van der Waals surface area contributed by atoms with Crippen LogP contribution in [0.3, 0.4) is 0 Å². The number of aromatic amines is 1. The van der Waals surface area contributed by atoms with Gasteiger partial charge in [0.25, 0.3) is 5.56 Å². The summed E-state index contributed by atoms with van der Waals surface area (Å²) in [6, 6.07) is -0.0434. The Kier molecular flexibility index (Phi) is 12.2. The highest BCUT2D eigenvalue weighted by Crippen LogP contribution is 2.48. The van der Waals surface area contributed by atoms with E-state index < -0.39 is 72.4 Å². The number of esters is 1. The molecule has 2 heterocycles. The molecule has 17 heteroatoms. The van der Waals surface area contributed by atoms with E-state index in [1.807, 2.05) is 0 Å². The highest BCUT2D eigenvalue weighted by molar-refractivity contribution is 8.13. The average molecular weight is 630 g/mol. The number of aliphatic hydroxyl groups excluding tert-OH is 2. The van der Waals surface area contributed by atoms with Crippen molar-refractivity contribution >= 4 is 42.2 Å². The van der Waals surface area contributed by atoms with E-state index >= 15 is 0 Å². The lowest BCUT2D eigenvalue weighted by Crippen LogP contribution is -2.43. The third-order valence-corrected chi connectivity index (χ3v) is 9.12. The molecule has 2 rings (SSSR count). The first kappa shape index (κ1) is 34.7. The quantitative estimate of drug-likeness (QED) is 0.0991. The summed E-state index contributed by atoms with van der Waals surface area (Å²) in [5, 5.41) is 22.4. The number of H-pyrrole nitrogens is 1. The molecule has 0 spiro atoms. The summed E-state index contributed by atoms with van der Waals surface area (Å²) in [5.74, 6) is -0.665. The second-order valence-corrected chi connectivity index (χ2v) is 13.9. The zero-order valence-corrected chi connectivity index (χ0v) is 25.6. The fourth-order valence-electron chi connectivity index (χ4n) is 3.42. The van der Waals surface area contributed by atoms with Crippen molar-refractivity contribution in [2.24, 2.45) is 5.41 Å². The summed E-state index contributed by atoms with van der Waals surface area (Å²) in [6.45, 7) is 8.11. The van der Waals surface area contributed by atoms with E-state index in [1.54, 1.807) is 27.7 Å². The van der Waals surface area contributed by atoms with Crippen LogP contribution >= 0.6 is 31.1 Å². The number of aliphatic hydroxyl groups is 2. The Morgan fingerprint density at radius 3 is 2.55 bits per heavy atom. The SMILES string of the molecule is CC(C)OC(=O)[C@@H](C)N[P@](=O)(OCCSC(=O)C(C)(C)CO)OC[C@H]1O[C@@H](n2ccc(=O)[nH]c2=O)[C@](C)(Cl)[C@@H]1O. The van der Waals surface area contributed by atoms with Gasteiger partial charge in [0.2, 0.25) is 0 Å². The van der Waals surface area contributed by atoms with E-state index in [4.69, 9.17) is 30.1 Å². The molecular weight excluding hydrogens is 593 g/mol. The molecule has 0 unspecified atom stereocenters. The number of carbonyl (C=O) groups excluding carboxylic acids is 2. The molecule has 1 fully saturated rings. The van der Waals surface area contributed by atoms with Gasteiger partial charge >= 0.3 is 19.4 Å². The molecule has 40 heavy (non-hydrogen) atoms. The monoisotopic (exact) mass is 629 g/mol. The van der Waals surface area contributed by atoms with Crippen LogP contribution < -0.4 is 16.3 Å². The number of halogens is 1. The van der Waals surface area contributed by atoms with E-state index in [1.165, 1.54) is 13.8 Å². The molecule has 4 N–H and O–H groups in total. The summed E-state index contributed by atoms with van der Waals surface area (Å²) >= 11 is 7.38. The number of rotatable bonds is 14. The zero-order valence-electron chi connectivity index (χ0n) is 23.1. The molecule has 1 saturated heterocycles. The van der Waals surface area contributed by atoms with Crippen LogP contribution in [0.1, 0.15) is 47.8 Å². The van der Waals surface area contributed by atoms with E-state index in [0.717, 1.165) is 28.6 Å². The smallest absolute Gasteiger partial charge is 0.406 e. The average Bonchev–Trinajstić information content (AvgIpc) is 3.08. The molecule has 0 aromatic carbocycles. The third kappa shape index (κ3) is 8.97. The first-order chi connectivity index (χ1) is 18.4. The second-order valence-electron chi connectivity index (χ2n) is 10.3. The van der Waals surface area contributed by atoms with E-state index in [-0.39, 0.29) is 24.1 Å². The van der Waals surface area contributed by atoms with Crippen molar-refractivity contribution in [1.82, 2.24) is 14.6 Å². The number of ether oxygens (including phenoxy) is 2. The van der Waals surface area contributed by atoms with Crippen LogP contribution in [0.5, 0.6) is 0 Å². The van der Waals surface area contributed by atoms with Gasteiger partial charge in [0.15, 0.2) is 11.3 Å².